The van der Waals surface area contributed by atoms with Gasteiger partial charge in [0.25, 0.3) is 10.8 Å². The number of carbonyl (C=O) groups excluding carboxylic acids is 1. The number of halogens is 2. The summed E-state index contributed by atoms with van der Waals surface area (Å²) in [6, 6.07) is 4.09. The van der Waals surface area contributed by atoms with Crippen molar-refractivity contribution in [3.8, 4) is 5.88 Å². The molecule has 0 atom stereocenters. The second-order valence-corrected chi connectivity index (χ2v) is 4.58. The molecule has 20 heavy (non-hydrogen) atoms. The lowest BCUT2D eigenvalue weighted by molar-refractivity contribution is 0.269. The van der Waals surface area contributed by atoms with E-state index in [1.54, 1.807) is 12.1 Å². The van der Waals surface area contributed by atoms with Crippen LogP contribution >= 0.6 is 35.8 Å². The first-order valence-electron chi connectivity index (χ1n) is 4.94. The van der Waals surface area contributed by atoms with E-state index >= 15 is 0 Å². The Morgan fingerprint density at radius 1 is 1.50 bits per heavy atom. The van der Waals surface area contributed by atoms with Gasteiger partial charge in [-0.3, -0.25) is 9.59 Å². The maximum atomic E-state index is 11.7. The van der Waals surface area contributed by atoms with Gasteiger partial charge >= 0.3 is 0 Å². The van der Waals surface area contributed by atoms with E-state index in [2.05, 4.69) is 20.3 Å². The Morgan fingerprint density at radius 3 is 2.90 bits per heavy atom. The zero-order valence-electron chi connectivity index (χ0n) is 9.66. The van der Waals surface area contributed by atoms with Gasteiger partial charge in [0.2, 0.25) is 5.88 Å². The van der Waals surface area contributed by atoms with Crippen LogP contribution in [0.4, 0.5) is 10.5 Å². The lowest BCUT2D eigenvalue weighted by Gasteiger charge is -2.05. The second-order valence-electron chi connectivity index (χ2n) is 3.27. The van der Waals surface area contributed by atoms with Crippen LogP contribution in [-0.2, 0) is 0 Å². The van der Waals surface area contributed by atoms with Gasteiger partial charge in [0.05, 0.1) is 11.8 Å². The first-order valence-corrected chi connectivity index (χ1v) is 6.14. The Balaban J connectivity index is 0.00000200. The van der Waals surface area contributed by atoms with Crippen LogP contribution in [0.25, 0.3) is 0 Å². The number of anilines is 1. The minimum atomic E-state index is -0.554. The number of thioether (sulfide) groups is 1. The molecule has 0 aromatic carbocycles. The van der Waals surface area contributed by atoms with Crippen molar-refractivity contribution >= 4 is 46.7 Å². The van der Waals surface area contributed by atoms with Gasteiger partial charge in [0, 0.05) is 18.0 Å². The van der Waals surface area contributed by atoms with Gasteiger partial charge in [0.15, 0.2) is 10.3 Å². The Labute approximate surface area is 128 Å². The molecule has 0 spiro atoms. The van der Waals surface area contributed by atoms with E-state index in [1.807, 2.05) is 0 Å². The van der Waals surface area contributed by atoms with Gasteiger partial charge < -0.3 is 15.4 Å². The summed E-state index contributed by atoms with van der Waals surface area (Å²) in [5, 5.41) is 11.2. The number of H-pyrrole nitrogens is 1. The van der Waals surface area contributed by atoms with Gasteiger partial charge in [-0.05, 0) is 12.1 Å². The van der Waals surface area contributed by atoms with Crippen LogP contribution in [0.5, 0.6) is 5.88 Å². The van der Waals surface area contributed by atoms with Crippen molar-refractivity contribution in [1.29, 1.82) is 0 Å². The minimum absolute atomic E-state index is 0. The maximum absolute atomic E-state index is 11.7. The minimum Gasteiger partial charge on any atom is -0.493 e. The Kier molecular flexibility index (Phi) is 5.81. The van der Waals surface area contributed by atoms with Gasteiger partial charge in [-0.1, -0.05) is 11.6 Å². The van der Waals surface area contributed by atoms with Gasteiger partial charge in [0.1, 0.15) is 0 Å². The maximum Gasteiger partial charge on any atom is 0.291 e. The van der Waals surface area contributed by atoms with Crippen LogP contribution < -0.4 is 10.9 Å². The molecular weight excluding hydrogens is 327 g/mol. The van der Waals surface area contributed by atoms with Crippen molar-refractivity contribution in [2.75, 3.05) is 5.32 Å². The van der Waals surface area contributed by atoms with Gasteiger partial charge in [-0.15, -0.1) is 12.4 Å². The number of rotatable bonds is 2. The van der Waals surface area contributed by atoms with Crippen molar-refractivity contribution in [3.63, 3.8) is 0 Å². The smallest absolute Gasteiger partial charge is 0.291 e. The quantitative estimate of drug-likeness (QED) is 0.441. The van der Waals surface area contributed by atoms with E-state index in [1.165, 1.54) is 6.20 Å². The van der Waals surface area contributed by atoms with Crippen LogP contribution in [-0.4, -0.2) is 25.3 Å². The van der Waals surface area contributed by atoms with Gasteiger partial charge in [-0.2, -0.15) is 4.98 Å². The normalized spacial score (nSPS) is 9.65. The molecule has 0 fully saturated rings. The average Bonchev–Trinajstić information content (AvgIpc) is 2.30. The molecule has 0 aliphatic rings. The molecule has 2 aromatic rings. The number of hydrogen-bond donors (Lipinski definition) is 3. The third-order valence-corrected chi connectivity index (χ3v) is 2.87. The highest BCUT2D eigenvalue weighted by Gasteiger charge is 2.10. The van der Waals surface area contributed by atoms with E-state index in [0.29, 0.717) is 17.4 Å². The highest BCUT2D eigenvalue weighted by Crippen LogP contribution is 2.21. The molecule has 10 heteroatoms. The van der Waals surface area contributed by atoms with Crippen molar-refractivity contribution < 1.29 is 9.90 Å². The highest BCUT2D eigenvalue weighted by atomic mass is 35.5. The van der Waals surface area contributed by atoms with Gasteiger partial charge in [-0.25, -0.2) is 4.98 Å². The summed E-state index contributed by atoms with van der Waals surface area (Å²) in [5.41, 5.74) is -0.216. The predicted molar refractivity (Wildman–Crippen MR) is 77.9 cm³/mol. The Hall–Kier alpha value is -1.77. The monoisotopic (exact) mass is 334 g/mol. The standard InChI is InChI=1S/C10H7ClN4O3S.ClH/c11-8-5(2-1-3-12-8)13-10(18)19-9-14-6(16)4-7(17)15-9;/h1-4H,(H,13,18)(H2,14,15,16,17);1H. The van der Waals surface area contributed by atoms with E-state index < -0.39 is 16.7 Å². The summed E-state index contributed by atoms with van der Waals surface area (Å²) in [7, 11) is 0. The molecule has 0 bridgehead atoms. The molecule has 2 heterocycles. The van der Waals surface area contributed by atoms with Crippen molar-refractivity contribution in [3.05, 3.63) is 39.9 Å². The lowest BCUT2D eigenvalue weighted by atomic mass is 10.4. The summed E-state index contributed by atoms with van der Waals surface area (Å²) in [4.78, 5) is 32.4. The van der Waals surface area contributed by atoms with E-state index in [4.69, 9.17) is 16.7 Å². The first-order chi connectivity index (χ1) is 9.04. The fraction of sp³-hybridized carbons (Fsp3) is 0. The van der Waals surface area contributed by atoms with Crippen molar-refractivity contribution in [1.82, 2.24) is 15.0 Å². The number of pyridine rings is 1. The third kappa shape index (κ3) is 4.41. The zero-order valence-corrected chi connectivity index (χ0v) is 12.1. The molecule has 1 amide bonds. The number of aromatic amines is 1. The molecule has 0 radical (unpaired) electrons. The molecule has 2 rings (SSSR count). The number of amides is 1. The van der Waals surface area contributed by atoms with Crippen molar-refractivity contribution in [2.24, 2.45) is 0 Å². The summed E-state index contributed by atoms with van der Waals surface area (Å²) < 4.78 is 0. The number of carbonyl (C=O) groups is 1. The van der Waals surface area contributed by atoms with E-state index in [0.717, 1.165) is 6.07 Å². The van der Waals surface area contributed by atoms with E-state index in [-0.39, 0.29) is 22.7 Å². The van der Waals surface area contributed by atoms with Crippen molar-refractivity contribution in [2.45, 2.75) is 5.16 Å². The summed E-state index contributed by atoms with van der Waals surface area (Å²) in [6.45, 7) is 0. The topological polar surface area (TPSA) is 108 Å². The Bertz CT molecular complexity index is 680. The molecule has 0 aliphatic heterocycles. The number of nitrogens with one attached hydrogen (secondary N) is 2. The van der Waals surface area contributed by atoms with Crippen LogP contribution in [0.15, 0.2) is 34.3 Å². The number of aromatic nitrogens is 3. The molecular formula is C10H8Cl2N4O3S. The molecule has 0 aliphatic carbocycles. The molecule has 0 saturated heterocycles. The van der Waals surface area contributed by atoms with Crippen LogP contribution in [0.1, 0.15) is 0 Å². The largest absolute Gasteiger partial charge is 0.493 e. The number of aromatic hydroxyl groups is 1. The molecule has 0 saturated carbocycles. The summed E-state index contributed by atoms with van der Waals surface area (Å²) >= 11 is 6.39. The summed E-state index contributed by atoms with van der Waals surface area (Å²) in [6.07, 6.45) is 1.49. The number of hydrogen-bond acceptors (Lipinski definition) is 6. The first kappa shape index (κ1) is 16.3. The molecule has 3 N–H and O–H groups in total. The van der Waals surface area contributed by atoms with Crippen LogP contribution in [0, 0.1) is 0 Å². The molecule has 106 valence electrons. The Morgan fingerprint density at radius 2 is 2.25 bits per heavy atom. The third-order valence-electron chi connectivity index (χ3n) is 1.89. The number of nitrogens with zero attached hydrogens (tertiary/aromatic N) is 2. The average molecular weight is 335 g/mol. The van der Waals surface area contributed by atoms with E-state index in [9.17, 15) is 9.59 Å². The molecule has 2 aromatic heterocycles. The predicted octanol–water partition coefficient (Wildman–Crippen LogP) is 2.27. The highest BCUT2D eigenvalue weighted by molar-refractivity contribution is 8.13. The zero-order chi connectivity index (χ0) is 13.8. The van der Waals surface area contributed by atoms with Crippen LogP contribution in [0.2, 0.25) is 5.15 Å². The SMILES string of the molecule is Cl.O=C(Nc1cccnc1Cl)Sc1nc(O)cc(=O)[nH]1. The summed E-state index contributed by atoms with van der Waals surface area (Å²) in [5.74, 6) is -0.460. The second kappa shape index (κ2) is 7.13. The lowest BCUT2D eigenvalue weighted by Crippen LogP contribution is -2.10. The fourth-order valence-corrected chi connectivity index (χ4v) is 1.97. The molecule has 0 unspecified atom stereocenters. The fourth-order valence-electron chi connectivity index (χ4n) is 1.17. The van der Waals surface area contributed by atoms with Crippen LogP contribution in [0.3, 0.4) is 0 Å². The molecule has 7 nitrogen and oxygen atoms in total.